The Morgan fingerprint density at radius 1 is 1.41 bits per heavy atom. The lowest BCUT2D eigenvalue weighted by atomic mass is 9.57. The van der Waals surface area contributed by atoms with Gasteiger partial charge in [-0.2, -0.15) is 0 Å². The van der Waals surface area contributed by atoms with Crippen molar-refractivity contribution in [1.82, 2.24) is 4.90 Å². The van der Waals surface area contributed by atoms with E-state index in [0.717, 1.165) is 19.4 Å². The van der Waals surface area contributed by atoms with Gasteiger partial charge in [0.15, 0.2) is 0 Å². The van der Waals surface area contributed by atoms with Crippen molar-refractivity contribution in [2.24, 2.45) is 5.92 Å². The quantitative estimate of drug-likeness (QED) is 0.842. The molecule has 120 valence electrons. The third-order valence-electron chi connectivity index (χ3n) is 6.19. The lowest BCUT2D eigenvalue weighted by Gasteiger charge is -2.56. The maximum Gasteiger partial charge on any atom is 0.115 e. The molecule has 22 heavy (non-hydrogen) atoms. The van der Waals surface area contributed by atoms with Crippen molar-refractivity contribution in [3.63, 3.8) is 0 Å². The van der Waals surface area contributed by atoms with E-state index >= 15 is 0 Å². The third kappa shape index (κ3) is 2.38. The van der Waals surface area contributed by atoms with Crippen LogP contribution in [0.1, 0.15) is 51.7 Å². The second kappa shape index (κ2) is 5.73. The summed E-state index contributed by atoms with van der Waals surface area (Å²) in [6.45, 7) is 11.4. The molecule has 3 atom stereocenters. The molecule has 1 fully saturated rings. The average molecular weight is 299 g/mol. The largest absolute Gasteiger partial charge is 0.508 e. The van der Waals surface area contributed by atoms with Gasteiger partial charge < -0.3 is 5.11 Å². The molecule has 2 bridgehead atoms. The van der Waals surface area contributed by atoms with Gasteiger partial charge >= 0.3 is 0 Å². The number of piperidine rings is 1. The fourth-order valence-corrected chi connectivity index (χ4v) is 4.75. The summed E-state index contributed by atoms with van der Waals surface area (Å²) in [5, 5.41) is 9.96. The van der Waals surface area contributed by atoms with Crippen LogP contribution in [0.5, 0.6) is 5.75 Å². The summed E-state index contributed by atoms with van der Waals surface area (Å²) in [7, 11) is 0. The Labute approximate surface area is 134 Å². The van der Waals surface area contributed by atoms with Crippen LogP contribution in [-0.2, 0) is 11.8 Å². The Kier molecular flexibility index (Phi) is 4.07. The Morgan fingerprint density at radius 3 is 2.86 bits per heavy atom. The predicted molar refractivity (Wildman–Crippen MR) is 92.4 cm³/mol. The minimum atomic E-state index is 0.248. The highest BCUT2D eigenvalue weighted by molar-refractivity contribution is 5.44. The van der Waals surface area contributed by atoms with E-state index in [9.17, 15) is 5.11 Å². The molecular weight excluding hydrogens is 270 g/mol. The van der Waals surface area contributed by atoms with Crippen LogP contribution in [0.3, 0.4) is 0 Å². The second-order valence-corrected chi connectivity index (χ2v) is 7.44. The van der Waals surface area contributed by atoms with Gasteiger partial charge in [0, 0.05) is 18.0 Å². The van der Waals surface area contributed by atoms with Gasteiger partial charge in [-0.15, -0.1) is 0 Å². The van der Waals surface area contributed by atoms with E-state index in [0.29, 0.717) is 17.7 Å². The molecule has 0 spiro atoms. The van der Waals surface area contributed by atoms with Crippen LogP contribution >= 0.6 is 0 Å². The molecule has 0 radical (unpaired) electrons. The summed E-state index contributed by atoms with van der Waals surface area (Å²) in [5.41, 5.74) is 4.52. The number of rotatable bonds is 3. The Hall–Kier alpha value is -1.28. The number of phenolic OH excluding ortho intramolecular Hbond substituents is 1. The van der Waals surface area contributed by atoms with Crippen LogP contribution in [0.2, 0.25) is 0 Å². The van der Waals surface area contributed by atoms with Gasteiger partial charge in [-0.05, 0) is 68.8 Å². The van der Waals surface area contributed by atoms with E-state index in [-0.39, 0.29) is 5.41 Å². The van der Waals surface area contributed by atoms with Crippen molar-refractivity contribution >= 4 is 0 Å². The van der Waals surface area contributed by atoms with E-state index in [1.807, 2.05) is 12.1 Å². The molecule has 2 aliphatic rings. The molecule has 1 aromatic rings. The first-order valence-corrected chi connectivity index (χ1v) is 8.67. The van der Waals surface area contributed by atoms with Crippen molar-refractivity contribution in [3.05, 3.63) is 41.0 Å². The third-order valence-corrected chi connectivity index (χ3v) is 6.19. The van der Waals surface area contributed by atoms with E-state index in [1.165, 1.54) is 29.7 Å². The van der Waals surface area contributed by atoms with Crippen LogP contribution in [0, 0.1) is 5.92 Å². The monoisotopic (exact) mass is 299 g/mol. The van der Waals surface area contributed by atoms with Crippen molar-refractivity contribution in [2.75, 3.05) is 13.1 Å². The first-order chi connectivity index (χ1) is 10.5. The number of hydrogen-bond acceptors (Lipinski definition) is 2. The van der Waals surface area contributed by atoms with Crippen molar-refractivity contribution in [1.29, 1.82) is 0 Å². The SMILES string of the molecule is CCC12CCN(CC=C(C)C)C(Cc3ccc(O)cc31)C2C. The number of hydrogen-bond donors (Lipinski definition) is 1. The maximum absolute atomic E-state index is 9.96. The van der Waals surface area contributed by atoms with E-state index in [4.69, 9.17) is 0 Å². The number of likely N-dealkylation sites (tertiary alicyclic amines) is 1. The number of benzene rings is 1. The molecule has 1 aliphatic carbocycles. The van der Waals surface area contributed by atoms with Gasteiger partial charge in [0.25, 0.3) is 0 Å². The standard InChI is InChI=1S/C20H29NO/c1-5-20-9-11-21(10-8-14(2)3)19(15(20)4)12-16-6-7-17(22)13-18(16)20/h6-8,13,15,19,22H,5,9-12H2,1-4H3. The highest BCUT2D eigenvalue weighted by Crippen LogP contribution is 2.51. The lowest BCUT2D eigenvalue weighted by molar-refractivity contribution is 0.0284. The first kappa shape index (κ1) is 15.6. The summed E-state index contributed by atoms with van der Waals surface area (Å²) >= 11 is 0. The van der Waals surface area contributed by atoms with Gasteiger partial charge in [-0.25, -0.2) is 0 Å². The topological polar surface area (TPSA) is 23.5 Å². The highest BCUT2D eigenvalue weighted by atomic mass is 16.3. The average Bonchev–Trinajstić information content (AvgIpc) is 2.48. The molecule has 1 saturated heterocycles. The van der Waals surface area contributed by atoms with Crippen LogP contribution in [-0.4, -0.2) is 29.1 Å². The zero-order chi connectivity index (χ0) is 15.9. The molecule has 1 N–H and O–H groups in total. The van der Waals surface area contributed by atoms with Crippen LogP contribution in [0.15, 0.2) is 29.8 Å². The predicted octanol–water partition coefficient (Wildman–Crippen LogP) is 4.27. The molecule has 2 nitrogen and oxygen atoms in total. The summed E-state index contributed by atoms with van der Waals surface area (Å²) in [4.78, 5) is 2.67. The Balaban J connectivity index is 1.99. The minimum absolute atomic E-state index is 0.248. The smallest absolute Gasteiger partial charge is 0.115 e. The molecule has 0 amide bonds. The van der Waals surface area contributed by atoms with Crippen LogP contribution in [0.4, 0.5) is 0 Å². The summed E-state index contributed by atoms with van der Waals surface area (Å²) in [5.74, 6) is 1.07. The molecule has 1 heterocycles. The van der Waals surface area contributed by atoms with Crippen molar-refractivity contribution in [3.8, 4) is 5.75 Å². The van der Waals surface area contributed by atoms with Gasteiger partial charge in [0.05, 0.1) is 0 Å². The minimum Gasteiger partial charge on any atom is -0.508 e. The fourth-order valence-electron chi connectivity index (χ4n) is 4.75. The maximum atomic E-state index is 9.96. The number of phenols is 1. The Bertz CT molecular complexity index is 587. The molecule has 1 aliphatic heterocycles. The molecule has 2 heteroatoms. The zero-order valence-corrected chi connectivity index (χ0v) is 14.4. The number of fused-ring (bicyclic) bond motifs is 4. The first-order valence-electron chi connectivity index (χ1n) is 8.67. The van der Waals surface area contributed by atoms with Crippen LogP contribution < -0.4 is 0 Å². The number of allylic oxidation sites excluding steroid dienone is 1. The molecular formula is C20H29NO. The van der Waals surface area contributed by atoms with Gasteiger partial charge in [0.1, 0.15) is 5.75 Å². The van der Waals surface area contributed by atoms with Gasteiger partial charge in [0.2, 0.25) is 0 Å². The molecule has 1 aromatic carbocycles. The lowest BCUT2D eigenvalue weighted by Crippen LogP contribution is -2.58. The summed E-state index contributed by atoms with van der Waals surface area (Å²) in [6, 6.07) is 6.67. The number of aromatic hydroxyl groups is 1. The van der Waals surface area contributed by atoms with Crippen molar-refractivity contribution in [2.45, 2.75) is 58.4 Å². The van der Waals surface area contributed by atoms with Crippen molar-refractivity contribution < 1.29 is 5.11 Å². The molecule has 0 aromatic heterocycles. The van der Waals surface area contributed by atoms with E-state index in [2.05, 4.69) is 44.7 Å². The summed E-state index contributed by atoms with van der Waals surface area (Å²) in [6.07, 6.45) is 5.85. The fraction of sp³-hybridized carbons (Fsp3) is 0.600. The van der Waals surface area contributed by atoms with E-state index in [1.54, 1.807) is 0 Å². The molecule has 3 rings (SSSR count). The zero-order valence-electron chi connectivity index (χ0n) is 14.4. The van der Waals surface area contributed by atoms with E-state index < -0.39 is 0 Å². The normalized spacial score (nSPS) is 30.7. The van der Waals surface area contributed by atoms with Crippen LogP contribution in [0.25, 0.3) is 0 Å². The Morgan fingerprint density at radius 2 is 2.18 bits per heavy atom. The van der Waals surface area contributed by atoms with Gasteiger partial charge in [-0.1, -0.05) is 31.6 Å². The molecule has 0 saturated carbocycles. The number of nitrogens with zero attached hydrogens (tertiary/aromatic N) is 1. The summed E-state index contributed by atoms with van der Waals surface area (Å²) < 4.78 is 0. The highest BCUT2D eigenvalue weighted by Gasteiger charge is 2.49. The second-order valence-electron chi connectivity index (χ2n) is 7.44. The van der Waals surface area contributed by atoms with Gasteiger partial charge in [-0.3, -0.25) is 4.90 Å². The molecule has 3 unspecified atom stereocenters.